The number of rotatable bonds is 6. The molecule has 0 saturated carbocycles. The van der Waals surface area contributed by atoms with Crippen molar-refractivity contribution in [3.63, 3.8) is 0 Å². The minimum atomic E-state index is -1.36. The molecule has 5 nitrogen and oxygen atoms in total. The zero-order valence-electron chi connectivity index (χ0n) is 6.53. The van der Waals surface area contributed by atoms with E-state index < -0.39 is 12.4 Å². The van der Waals surface area contributed by atoms with Crippen LogP contribution in [0.15, 0.2) is 0 Å². The third-order valence-electron chi connectivity index (χ3n) is 0.890. The first kappa shape index (κ1) is 10.8. The fourth-order valence-electron chi connectivity index (χ4n) is 0.490. The van der Waals surface area contributed by atoms with E-state index in [1.807, 2.05) is 0 Å². The lowest BCUT2D eigenvalue weighted by atomic mass is 10.4. The van der Waals surface area contributed by atoms with Crippen molar-refractivity contribution in [3.05, 3.63) is 0 Å². The van der Waals surface area contributed by atoms with Crippen LogP contribution in [0.3, 0.4) is 0 Å². The first-order chi connectivity index (χ1) is 5.13. The molecule has 0 rings (SSSR count). The molecule has 0 fully saturated rings. The van der Waals surface area contributed by atoms with Gasteiger partial charge >= 0.3 is 0 Å². The highest BCUT2D eigenvalue weighted by Crippen LogP contribution is 1.80. The van der Waals surface area contributed by atoms with Crippen molar-refractivity contribution in [2.75, 3.05) is 19.9 Å². The monoisotopic (exact) mass is 165 g/mol. The largest absolute Gasteiger partial charge is 0.391 e. The van der Waals surface area contributed by atoms with Gasteiger partial charge in [0.25, 0.3) is 0 Å². The third-order valence-corrected chi connectivity index (χ3v) is 0.890. The average molecular weight is 165 g/mol. The number of hydrogen-bond donors (Lipinski definition) is 4. The first-order valence-corrected chi connectivity index (χ1v) is 3.45. The summed E-state index contributed by atoms with van der Waals surface area (Å²) < 4.78 is 4.86. The summed E-state index contributed by atoms with van der Waals surface area (Å²) in [5, 5.41) is 28.0. The average Bonchev–Trinajstić information content (AvgIpc) is 1.85. The molecular formula is C6H15NO4. The smallest absolute Gasteiger partial charge is 0.164 e. The Labute approximate surface area is 65.6 Å². The molecule has 0 bridgehead atoms. The summed E-state index contributed by atoms with van der Waals surface area (Å²) >= 11 is 0. The van der Waals surface area contributed by atoms with Gasteiger partial charge in [0, 0.05) is 6.54 Å². The van der Waals surface area contributed by atoms with Gasteiger partial charge < -0.3 is 20.1 Å². The molecule has 0 aliphatic carbocycles. The van der Waals surface area contributed by atoms with E-state index in [0.29, 0.717) is 0 Å². The van der Waals surface area contributed by atoms with Crippen LogP contribution < -0.4 is 5.32 Å². The molecule has 0 spiro atoms. The van der Waals surface area contributed by atoms with Crippen molar-refractivity contribution in [3.8, 4) is 0 Å². The minimum absolute atomic E-state index is 0.0693. The van der Waals surface area contributed by atoms with Crippen molar-refractivity contribution in [2.45, 2.75) is 19.3 Å². The lowest BCUT2D eigenvalue weighted by Gasteiger charge is -2.08. The van der Waals surface area contributed by atoms with Crippen LogP contribution in [0.5, 0.6) is 0 Å². The summed E-state index contributed by atoms with van der Waals surface area (Å²) in [6.07, 6.45) is -1.85. The number of hydrogen-bond acceptors (Lipinski definition) is 5. The molecule has 0 aliphatic heterocycles. The molecule has 0 saturated heterocycles. The number of nitrogens with one attached hydrogen (secondary N) is 1. The molecule has 0 amide bonds. The predicted octanol–water partition coefficient (Wildman–Crippen LogP) is -1.76. The summed E-state index contributed by atoms with van der Waals surface area (Å²) in [5.41, 5.74) is 0. The van der Waals surface area contributed by atoms with Gasteiger partial charge in [0.15, 0.2) is 6.29 Å². The molecular weight excluding hydrogens is 150 g/mol. The van der Waals surface area contributed by atoms with Crippen LogP contribution in [0.1, 0.15) is 6.92 Å². The Balaban J connectivity index is 2.91. The lowest BCUT2D eigenvalue weighted by Crippen LogP contribution is -2.29. The van der Waals surface area contributed by atoms with Gasteiger partial charge in [-0.2, -0.15) is 0 Å². The van der Waals surface area contributed by atoms with Crippen LogP contribution in [-0.2, 0) is 4.74 Å². The van der Waals surface area contributed by atoms with Crippen molar-refractivity contribution >= 4 is 0 Å². The SMILES string of the molecule is CC(O)COCNCC(O)O. The van der Waals surface area contributed by atoms with Crippen molar-refractivity contribution < 1.29 is 20.1 Å². The van der Waals surface area contributed by atoms with Crippen molar-refractivity contribution in [1.82, 2.24) is 5.32 Å². The molecule has 0 aromatic rings. The molecule has 1 atom stereocenters. The van der Waals surface area contributed by atoms with Gasteiger partial charge in [0.2, 0.25) is 0 Å². The third kappa shape index (κ3) is 9.80. The molecule has 0 aromatic carbocycles. The zero-order valence-corrected chi connectivity index (χ0v) is 6.53. The molecule has 11 heavy (non-hydrogen) atoms. The van der Waals surface area contributed by atoms with E-state index in [4.69, 9.17) is 20.1 Å². The summed E-state index contributed by atoms with van der Waals surface area (Å²) in [5.74, 6) is 0. The quantitative estimate of drug-likeness (QED) is 0.277. The molecule has 68 valence electrons. The Kier molecular flexibility index (Phi) is 6.39. The van der Waals surface area contributed by atoms with Crippen LogP contribution in [0.25, 0.3) is 0 Å². The lowest BCUT2D eigenvalue weighted by molar-refractivity contribution is -0.0456. The van der Waals surface area contributed by atoms with Crippen LogP contribution in [0.2, 0.25) is 0 Å². The van der Waals surface area contributed by atoms with E-state index in [1.165, 1.54) is 0 Å². The standard InChI is InChI=1S/C6H15NO4/c1-5(8)3-11-4-7-2-6(9)10/h5-10H,2-4H2,1H3. The molecule has 0 aliphatic rings. The topological polar surface area (TPSA) is 82.0 Å². The van der Waals surface area contributed by atoms with E-state index in [-0.39, 0.29) is 19.9 Å². The summed E-state index contributed by atoms with van der Waals surface area (Å²) in [4.78, 5) is 0. The fraction of sp³-hybridized carbons (Fsp3) is 1.00. The van der Waals surface area contributed by atoms with E-state index in [9.17, 15) is 0 Å². The maximum atomic E-state index is 8.71. The number of ether oxygens (including phenoxy) is 1. The maximum Gasteiger partial charge on any atom is 0.164 e. The van der Waals surface area contributed by atoms with Crippen LogP contribution in [0.4, 0.5) is 0 Å². The van der Waals surface area contributed by atoms with Gasteiger partial charge in [-0.15, -0.1) is 0 Å². The maximum absolute atomic E-state index is 8.71. The van der Waals surface area contributed by atoms with E-state index in [0.717, 1.165) is 0 Å². The second-order valence-corrected chi connectivity index (χ2v) is 2.30. The molecule has 0 aromatic heterocycles. The van der Waals surface area contributed by atoms with Crippen molar-refractivity contribution in [2.24, 2.45) is 0 Å². The highest BCUT2D eigenvalue weighted by Gasteiger charge is 1.96. The highest BCUT2D eigenvalue weighted by atomic mass is 16.5. The van der Waals surface area contributed by atoms with Crippen molar-refractivity contribution in [1.29, 1.82) is 0 Å². The minimum Gasteiger partial charge on any atom is -0.391 e. The Hall–Kier alpha value is -0.200. The molecule has 0 radical (unpaired) electrons. The summed E-state index contributed by atoms with van der Waals surface area (Å²) in [6, 6.07) is 0. The van der Waals surface area contributed by atoms with Crippen LogP contribution in [-0.4, -0.2) is 47.6 Å². The highest BCUT2D eigenvalue weighted by molar-refractivity contribution is 4.43. The molecule has 4 N–H and O–H groups in total. The van der Waals surface area contributed by atoms with Crippen LogP contribution in [0, 0.1) is 0 Å². The van der Waals surface area contributed by atoms with E-state index in [2.05, 4.69) is 5.32 Å². The van der Waals surface area contributed by atoms with Gasteiger partial charge in [-0.25, -0.2) is 0 Å². The molecule has 5 heteroatoms. The second-order valence-electron chi connectivity index (χ2n) is 2.30. The second kappa shape index (κ2) is 6.51. The Morgan fingerprint density at radius 1 is 1.36 bits per heavy atom. The van der Waals surface area contributed by atoms with Gasteiger partial charge in [-0.05, 0) is 6.92 Å². The van der Waals surface area contributed by atoms with E-state index in [1.54, 1.807) is 6.92 Å². The molecule has 0 heterocycles. The van der Waals surface area contributed by atoms with Gasteiger partial charge in [-0.1, -0.05) is 0 Å². The van der Waals surface area contributed by atoms with Gasteiger partial charge in [0.05, 0.1) is 19.4 Å². The Bertz CT molecular complexity index is 76.7. The Morgan fingerprint density at radius 2 is 2.00 bits per heavy atom. The normalized spacial score (nSPS) is 13.9. The van der Waals surface area contributed by atoms with Gasteiger partial charge in [-0.3, -0.25) is 5.32 Å². The first-order valence-electron chi connectivity index (χ1n) is 3.45. The predicted molar refractivity (Wildman–Crippen MR) is 38.7 cm³/mol. The van der Waals surface area contributed by atoms with E-state index >= 15 is 0 Å². The molecule has 1 unspecified atom stereocenters. The van der Waals surface area contributed by atoms with Crippen LogP contribution >= 0.6 is 0 Å². The Morgan fingerprint density at radius 3 is 2.45 bits per heavy atom. The zero-order chi connectivity index (χ0) is 8.69. The number of aliphatic hydroxyl groups excluding tert-OH is 2. The number of aliphatic hydroxyl groups is 3. The summed E-state index contributed by atoms with van der Waals surface area (Å²) in [7, 11) is 0. The van der Waals surface area contributed by atoms with Gasteiger partial charge in [0.1, 0.15) is 0 Å². The fourth-order valence-corrected chi connectivity index (χ4v) is 0.490. The summed E-state index contributed by atoms with van der Waals surface area (Å²) in [6.45, 7) is 2.14.